The number of nitrogens with zero attached hydrogens (tertiary/aromatic N) is 1. The number of piperidine rings is 1. The van der Waals surface area contributed by atoms with E-state index in [1.54, 1.807) is 12.1 Å². The average Bonchev–Trinajstić information content (AvgIpc) is 3.01. The highest BCUT2D eigenvalue weighted by Crippen LogP contribution is 2.29. The summed E-state index contributed by atoms with van der Waals surface area (Å²) in [6.07, 6.45) is 1.95. The topological polar surface area (TPSA) is 59.5 Å². The van der Waals surface area contributed by atoms with E-state index in [1.165, 1.54) is 5.56 Å². The molecule has 2 aromatic rings. The van der Waals surface area contributed by atoms with Gasteiger partial charge in [-0.2, -0.15) is 0 Å². The molecular formula is C17H19BrN2O2. The van der Waals surface area contributed by atoms with Crippen LogP contribution in [0.4, 0.5) is 0 Å². The fraction of sp³-hybridized carbons (Fsp3) is 0.353. The third-order valence-electron chi connectivity index (χ3n) is 4.22. The Morgan fingerprint density at radius 3 is 2.68 bits per heavy atom. The highest BCUT2D eigenvalue weighted by molar-refractivity contribution is 9.10. The van der Waals surface area contributed by atoms with E-state index in [-0.39, 0.29) is 5.91 Å². The number of carbonyl (C=O) groups is 1. The number of benzene rings is 1. The van der Waals surface area contributed by atoms with Crippen molar-refractivity contribution in [3.63, 3.8) is 0 Å². The minimum absolute atomic E-state index is 0.0279. The lowest BCUT2D eigenvalue weighted by Crippen LogP contribution is -2.37. The van der Waals surface area contributed by atoms with Crippen molar-refractivity contribution < 1.29 is 9.21 Å². The van der Waals surface area contributed by atoms with Crippen LogP contribution in [0.3, 0.4) is 0 Å². The normalized spacial score (nSPS) is 16.0. The Morgan fingerprint density at radius 2 is 2.05 bits per heavy atom. The van der Waals surface area contributed by atoms with Gasteiger partial charge >= 0.3 is 0 Å². The van der Waals surface area contributed by atoms with Crippen molar-refractivity contribution in [1.29, 1.82) is 0 Å². The zero-order chi connectivity index (χ0) is 15.5. The Bertz CT molecular complexity index is 660. The summed E-state index contributed by atoms with van der Waals surface area (Å²) < 4.78 is 5.94. The fourth-order valence-corrected chi connectivity index (χ4v) is 3.28. The lowest BCUT2D eigenvalue weighted by atomic mass is 9.88. The van der Waals surface area contributed by atoms with E-state index < -0.39 is 0 Å². The van der Waals surface area contributed by atoms with E-state index in [9.17, 15) is 4.79 Å². The molecule has 22 heavy (non-hydrogen) atoms. The molecule has 1 saturated heterocycles. The molecule has 1 aliphatic rings. The van der Waals surface area contributed by atoms with Crippen molar-refractivity contribution >= 4 is 21.8 Å². The summed E-state index contributed by atoms with van der Waals surface area (Å²) in [5.41, 5.74) is 8.20. The molecular weight excluding hydrogens is 344 g/mol. The molecule has 2 N–H and O–H groups in total. The van der Waals surface area contributed by atoms with Gasteiger partial charge in [-0.3, -0.25) is 4.79 Å². The third-order valence-corrected chi connectivity index (χ3v) is 4.65. The molecule has 0 radical (unpaired) electrons. The van der Waals surface area contributed by atoms with Crippen LogP contribution in [0.25, 0.3) is 0 Å². The first kappa shape index (κ1) is 15.3. The molecule has 2 heterocycles. The van der Waals surface area contributed by atoms with Gasteiger partial charge in [-0.1, -0.05) is 24.3 Å². The second-order valence-electron chi connectivity index (χ2n) is 5.62. The van der Waals surface area contributed by atoms with Gasteiger partial charge < -0.3 is 15.1 Å². The van der Waals surface area contributed by atoms with E-state index in [0.29, 0.717) is 22.9 Å². The highest BCUT2D eigenvalue weighted by Gasteiger charge is 2.26. The molecule has 0 aliphatic carbocycles. The maximum Gasteiger partial charge on any atom is 0.289 e. The summed E-state index contributed by atoms with van der Waals surface area (Å²) >= 11 is 3.23. The standard InChI is InChI=1S/C17H19BrN2O2/c18-16-5-4-15(22-16)17(21)20-8-6-13(7-9-20)14-3-1-2-12(10-14)11-19/h1-5,10,13H,6-9,11,19H2. The van der Waals surface area contributed by atoms with Crippen molar-refractivity contribution in [1.82, 2.24) is 4.90 Å². The second-order valence-corrected chi connectivity index (χ2v) is 6.40. The van der Waals surface area contributed by atoms with Crippen molar-refractivity contribution in [3.05, 3.63) is 58.0 Å². The number of halogens is 1. The van der Waals surface area contributed by atoms with Gasteiger partial charge in [0, 0.05) is 19.6 Å². The summed E-state index contributed by atoms with van der Waals surface area (Å²) in [5.74, 6) is 0.870. The first-order chi connectivity index (χ1) is 10.7. The van der Waals surface area contributed by atoms with Crippen LogP contribution in [0, 0.1) is 0 Å². The molecule has 0 spiro atoms. The smallest absolute Gasteiger partial charge is 0.289 e. The Morgan fingerprint density at radius 1 is 1.27 bits per heavy atom. The Balaban J connectivity index is 1.63. The van der Waals surface area contributed by atoms with Crippen LogP contribution in [0.15, 0.2) is 45.5 Å². The van der Waals surface area contributed by atoms with Gasteiger partial charge in [0.25, 0.3) is 5.91 Å². The van der Waals surface area contributed by atoms with Crippen LogP contribution >= 0.6 is 15.9 Å². The summed E-state index contributed by atoms with van der Waals surface area (Å²) in [4.78, 5) is 14.2. The van der Waals surface area contributed by atoms with Gasteiger partial charge in [0.2, 0.25) is 0 Å². The molecule has 0 bridgehead atoms. The Hall–Kier alpha value is -1.59. The van der Waals surface area contributed by atoms with Gasteiger partial charge in [-0.05, 0) is 57.9 Å². The van der Waals surface area contributed by atoms with Gasteiger partial charge in [0.1, 0.15) is 0 Å². The SMILES string of the molecule is NCc1cccc(C2CCN(C(=O)c3ccc(Br)o3)CC2)c1. The first-order valence-corrected chi connectivity index (χ1v) is 8.30. The number of hydrogen-bond donors (Lipinski definition) is 1. The summed E-state index contributed by atoms with van der Waals surface area (Å²) in [6, 6.07) is 11.9. The third kappa shape index (κ3) is 3.25. The molecule has 3 rings (SSSR count). The molecule has 0 saturated carbocycles. The number of furan rings is 1. The van der Waals surface area contributed by atoms with E-state index >= 15 is 0 Å². The van der Waals surface area contributed by atoms with Crippen LogP contribution in [-0.2, 0) is 6.54 Å². The fourth-order valence-electron chi connectivity index (χ4n) is 2.98. The minimum Gasteiger partial charge on any atom is -0.444 e. The molecule has 5 heteroatoms. The number of nitrogens with two attached hydrogens (primary N) is 1. The molecule has 116 valence electrons. The van der Waals surface area contributed by atoms with Crippen molar-refractivity contribution in [2.75, 3.05) is 13.1 Å². The van der Waals surface area contributed by atoms with Crippen molar-refractivity contribution in [3.8, 4) is 0 Å². The average molecular weight is 363 g/mol. The van der Waals surface area contributed by atoms with E-state index in [0.717, 1.165) is 31.5 Å². The van der Waals surface area contributed by atoms with E-state index in [2.05, 4.69) is 40.2 Å². The largest absolute Gasteiger partial charge is 0.444 e. The molecule has 1 aromatic heterocycles. The van der Waals surface area contributed by atoms with Crippen molar-refractivity contribution in [2.45, 2.75) is 25.3 Å². The maximum absolute atomic E-state index is 12.4. The van der Waals surface area contributed by atoms with Crippen LogP contribution in [0.2, 0.25) is 0 Å². The number of likely N-dealkylation sites (tertiary alicyclic amines) is 1. The molecule has 1 aliphatic heterocycles. The van der Waals surface area contributed by atoms with Crippen LogP contribution in [-0.4, -0.2) is 23.9 Å². The van der Waals surface area contributed by atoms with Crippen molar-refractivity contribution in [2.24, 2.45) is 5.73 Å². The van der Waals surface area contributed by atoms with Gasteiger partial charge in [0.05, 0.1) is 0 Å². The number of rotatable bonds is 3. The first-order valence-electron chi connectivity index (χ1n) is 7.51. The molecule has 1 fully saturated rings. The lowest BCUT2D eigenvalue weighted by molar-refractivity contribution is 0.0679. The predicted octanol–water partition coefficient (Wildman–Crippen LogP) is 3.52. The predicted molar refractivity (Wildman–Crippen MR) is 88.6 cm³/mol. The zero-order valence-electron chi connectivity index (χ0n) is 12.3. The Labute approximate surface area is 138 Å². The summed E-state index contributed by atoms with van der Waals surface area (Å²) in [5, 5.41) is 0. The molecule has 1 amide bonds. The minimum atomic E-state index is -0.0279. The number of hydrogen-bond acceptors (Lipinski definition) is 3. The quantitative estimate of drug-likeness (QED) is 0.908. The van der Waals surface area contributed by atoms with Gasteiger partial charge in [-0.15, -0.1) is 0 Å². The molecule has 0 atom stereocenters. The zero-order valence-corrected chi connectivity index (χ0v) is 13.9. The molecule has 0 unspecified atom stereocenters. The summed E-state index contributed by atoms with van der Waals surface area (Å²) in [7, 11) is 0. The monoisotopic (exact) mass is 362 g/mol. The van der Waals surface area contributed by atoms with Crippen LogP contribution < -0.4 is 5.73 Å². The van der Waals surface area contributed by atoms with E-state index in [1.807, 2.05) is 4.90 Å². The summed E-state index contributed by atoms with van der Waals surface area (Å²) in [6.45, 7) is 2.09. The maximum atomic E-state index is 12.4. The number of amides is 1. The second kappa shape index (κ2) is 6.67. The Kier molecular flexibility index (Phi) is 4.64. The lowest BCUT2D eigenvalue weighted by Gasteiger charge is -2.31. The van der Waals surface area contributed by atoms with Gasteiger partial charge in [0.15, 0.2) is 10.4 Å². The highest BCUT2D eigenvalue weighted by atomic mass is 79.9. The van der Waals surface area contributed by atoms with Gasteiger partial charge in [-0.25, -0.2) is 0 Å². The van der Waals surface area contributed by atoms with Crippen LogP contribution in [0.5, 0.6) is 0 Å². The van der Waals surface area contributed by atoms with E-state index in [4.69, 9.17) is 10.2 Å². The molecule has 1 aromatic carbocycles. The van der Waals surface area contributed by atoms with Crippen LogP contribution in [0.1, 0.15) is 40.4 Å². The number of carbonyl (C=O) groups excluding carboxylic acids is 1. The molecule has 4 nitrogen and oxygen atoms in total.